The minimum Gasteiger partial charge on any atom is -0.485 e. The van der Waals surface area contributed by atoms with Crippen LogP contribution in [0.3, 0.4) is 0 Å². The number of ketones is 1. The van der Waals surface area contributed by atoms with Gasteiger partial charge in [0.25, 0.3) is 0 Å². The molecule has 9 heteroatoms. The summed E-state index contributed by atoms with van der Waals surface area (Å²) in [6, 6.07) is 16.5. The number of nitrogens with zero attached hydrogens (tertiary/aromatic N) is 3. The van der Waals surface area contributed by atoms with Crippen molar-refractivity contribution in [1.29, 1.82) is 0 Å². The molecule has 0 unspecified atom stereocenters. The number of rotatable bonds is 8. The molecule has 1 aliphatic rings. The first-order valence-corrected chi connectivity index (χ1v) is 11.2. The monoisotopic (exact) mass is 452 g/mol. The van der Waals surface area contributed by atoms with Gasteiger partial charge in [0.15, 0.2) is 34.4 Å². The summed E-state index contributed by atoms with van der Waals surface area (Å²) in [6.07, 6.45) is 0.0693. The van der Waals surface area contributed by atoms with E-state index in [1.54, 1.807) is 4.57 Å². The predicted octanol–water partition coefficient (Wildman–Crippen LogP) is 2.74. The van der Waals surface area contributed by atoms with Crippen LogP contribution in [0, 0.1) is 0 Å². The highest BCUT2D eigenvalue weighted by atomic mass is 32.2. The molecule has 32 heavy (non-hydrogen) atoms. The third-order valence-corrected chi connectivity index (χ3v) is 6.13. The lowest BCUT2D eigenvalue weighted by Gasteiger charge is -2.25. The second-order valence-electron chi connectivity index (χ2n) is 7.47. The summed E-state index contributed by atoms with van der Waals surface area (Å²) in [5.74, 6) is 1.79. The largest absolute Gasteiger partial charge is 0.485 e. The summed E-state index contributed by atoms with van der Waals surface area (Å²) in [5, 5.41) is 11.8. The number of para-hydroxylation sites is 2. The van der Waals surface area contributed by atoms with Gasteiger partial charge in [0, 0.05) is 7.05 Å². The number of carbonyl (C=O) groups excluding carboxylic acids is 2. The van der Waals surface area contributed by atoms with Crippen LogP contribution in [0.15, 0.2) is 59.8 Å². The number of thioether (sulfide) groups is 1. The molecular weight excluding hydrogens is 428 g/mol. The summed E-state index contributed by atoms with van der Waals surface area (Å²) in [7, 11) is 1.83. The zero-order valence-electron chi connectivity index (χ0n) is 17.9. The van der Waals surface area contributed by atoms with Crippen molar-refractivity contribution in [2.75, 3.05) is 12.4 Å². The Bertz CT molecular complexity index is 1100. The van der Waals surface area contributed by atoms with Gasteiger partial charge in [0.1, 0.15) is 6.61 Å². The molecule has 1 aliphatic heterocycles. The molecule has 4 rings (SSSR count). The third kappa shape index (κ3) is 5.11. The van der Waals surface area contributed by atoms with Crippen LogP contribution >= 0.6 is 11.8 Å². The van der Waals surface area contributed by atoms with Crippen LogP contribution in [0.2, 0.25) is 0 Å². The van der Waals surface area contributed by atoms with E-state index in [1.165, 1.54) is 18.7 Å². The van der Waals surface area contributed by atoms with Crippen LogP contribution in [-0.4, -0.2) is 44.9 Å². The van der Waals surface area contributed by atoms with Crippen molar-refractivity contribution < 1.29 is 19.1 Å². The number of Topliss-reactive ketones (excluding diaryl/α,β-unsaturated/α-hetero) is 1. The van der Waals surface area contributed by atoms with Crippen molar-refractivity contribution in [3.63, 3.8) is 0 Å². The average molecular weight is 453 g/mol. The predicted molar refractivity (Wildman–Crippen MR) is 120 cm³/mol. The lowest BCUT2D eigenvalue weighted by atomic mass is 10.0. The molecule has 0 saturated heterocycles. The molecule has 1 amide bonds. The van der Waals surface area contributed by atoms with Crippen LogP contribution in [0.25, 0.3) is 0 Å². The van der Waals surface area contributed by atoms with E-state index in [-0.39, 0.29) is 17.4 Å². The standard InChI is InChI=1S/C23H24N4O4S/c1-15(28)17(12-16-8-4-3-5-9-16)24-21(29)14-32-23-26-25-22(27(23)2)20-13-30-18-10-6-7-11-19(18)31-20/h3-11,17,20H,12-14H2,1-2H3,(H,24,29)/t17-,20-/m1/s1. The van der Waals surface area contributed by atoms with Crippen LogP contribution in [0.5, 0.6) is 11.5 Å². The molecule has 1 aromatic heterocycles. The maximum absolute atomic E-state index is 12.5. The minimum atomic E-state index is -0.562. The number of benzene rings is 2. The smallest absolute Gasteiger partial charge is 0.231 e. The Balaban J connectivity index is 1.34. The first kappa shape index (κ1) is 21.9. The van der Waals surface area contributed by atoms with E-state index in [4.69, 9.17) is 9.47 Å². The van der Waals surface area contributed by atoms with Gasteiger partial charge < -0.3 is 19.4 Å². The topological polar surface area (TPSA) is 95.3 Å². The van der Waals surface area contributed by atoms with Crippen LogP contribution in [-0.2, 0) is 23.1 Å². The Morgan fingerprint density at radius 1 is 1.12 bits per heavy atom. The number of ether oxygens (including phenoxy) is 2. The van der Waals surface area contributed by atoms with E-state index in [2.05, 4.69) is 15.5 Å². The van der Waals surface area contributed by atoms with Gasteiger partial charge in [0.2, 0.25) is 5.91 Å². The molecule has 2 aromatic carbocycles. The Kier molecular flexibility index (Phi) is 6.75. The van der Waals surface area contributed by atoms with Crippen LogP contribution < -0.4 is 14.8 Å². The van der Waals surface area contributed by atoms with E-state index in [1.807, 2.05) is 61.6 Å². The van der Waals surface area contributed by atoms with Crippen molar-refractivity contribution in [2.45, 2.75) is 30.6 Å². The van der Waals surface area contributed by atoms with E-state index in [0.29, 0.717) is 35.5 Å². The Morgan fingerprint density at radius 3 is 2.59 bits per heavy atom. The zero-order valence-corrected chi connectivity index (χ0v) is 18.7. The highest BCUT2D eigenvalue weighted by Crippen LogP contribution is 2.35. The van der Waals surface area contributed by atoms with Gasteiger partial charge in [-0.05, 0) is 31.0 Å². The summed E-state index contributed by atoms with van der Waals surface area (Å²) >= 11 is 1.26. The van der Waals surface area contributed by atoms with Crippen LogP contribution in [0.1, 0.15) is 24.4 Å². The second-order valence-corrected chi connectivity index (χ2v) is 8.42. The Morgan fingerprint density at radius 2 is 1.84 bits per heavy atom. The molecule has 2 atom stereocenters. The fourth-order valence-corrected chi connectivity index (χ4v) is 4.12. The van der Waals surface area contributed by atoms with E-state index >= 15 is 0 Å². The maximum atomic E-state index is 12.5. The Labute approximate surface area is 190 Å². The highest BCUT2D eigenvalue weighted by molar-refractivity contribution is 7.99. The maximum Gasteiger partial charge on any atom is 0.231 e. The Hall–Kier alpha value is -3.33. The number of hydrogen-bond donors (Lipinski definition) is 1. The summed E-state index contributed by atoms with van der Waals surface area (Å²) in [5.41, 5.74) is 0.995. The molecular formula is C23H24N4O4S. The van der Waals surface area contributed by atoms with Crippen LogP contribution in [0.4, 0.5) is 0 Å². The zero-order chi connectivity index (χ0) is 22.5. The van der Waals surface area contributed by atoms with E-state index < -0.39 is 12.1 Å². The normalized spacial score (nSPS) is 15.8. The molecule has 0 saturated carbocycles. The van der Waals surface area contributed by atoms with Gasteiger partial charge >= 0.3 is 0 Å². The molecule has 166 valence electrons. The van der Waals surface area contributed by atoms with Crippen molar-refractivity contribution in [3.8, 4) is 11.5 Å². The summed E-state index contributed by atoms with van der Waals surface area (Å²) < 4.78 is 13.6. The number of hydrogen-bond acceptors (Lipinski definition) is 7. The fourth-order valence-electron chi connectivity index (χ4n) is 3.39. The number of carbonyl (C=O) groups is 2. The number of amides is 1. The summed E-state index contributed by atoms with van der Waals surface area (Å²) in [6.45, 7) is 1.81. The van der Waals surface area contributed by atoms with E-state index in [0.717, 1.165) is 5.56 Å². The van der Waals surface area contributed by atoms with Gasteiger partial charge in [-0.3, -0.25) is 9.59 Å². The molecule has 0 aliphatic carbocycles. The number of aromatic nitrogens is 3. The minimum absolute atomic E-state index is 0.0807. The lowest BCUT2D eigenvalue weighted by Crippen LogP contribution is -2.42. The van der Waals surface area contributed by atoms with Gasteiger partial charge in [0.05, 0.1) is 11.8 Å². The molecule has 2 heterocycles. The van der Waals surface area contributed by atoms with Crippen molar-refractivity contribution in [2.24, 2.45) is 7.05 Å². The molecule has 1 N–H and O–H groups in total. The first-order valence-electron chi connectivity index (χ1n) is 10.3. The molecule has 3 aromatic rings. The van der Waals surface area contributed by atoms with Gasteiger partial charge in [-0.2, -0.15) is 0 Å². The molecule has 8 nitrogen and oxygen atoms in total. The van der Waals surface area contributed by atoms with Gasteiger partial charge in [-0.25, -0.2) is 0 Å². The lowest BCUT2D eigenvalue weighted by molar-refractivity contribution is -0.125. The number of fused-ring (bicyclic) bond motifs is 1. The van der Waals surface area contributed by atoms with Crippen molar-refractivity contribution in [1.82, 2.24) is 20.1 Å². The van der Waals surface area contributed by atoms with Crippen molar-refractivity contribution in [3.05, 3.63) is 66.0 Å². The number of nitrogens with one attached hydrogen (secondary N) is 1. The quantitative estimate of drug-likeness (QED) is 0.525. The molecule has 0 radical (unpaired) electrons. The first-order chi connectivity index (χ1) is 15.5. The second kappa shape index (κ2) is 9.86. The average Bonchev–Trinajstić information content (AvgIpc) is 3.17. The summed E-state index contributed by atoms with van der Waals surface area (Å²) in [4.78, 5) is 24.5. The SMILES string of the molecule is CC(=O)[C@@H](Cc1ccccc1)NC(=O)CSc1nnc([C@H]2COc3ccccc3O2)n1C. The van der Waals surface area contributed by atoms with Crippen molar-refractivity contribution >= 4 is 23.5 Å². The van der Waals surface area contributed by atoms with E-state index in [9.17, 15) is 9.59 Å². The molecule has 0 fully saturated rings. The fraction of sp³-hybridized carbons (Fsp3) is 0.304. The highest BCUT2D eigenvalue weighted by Gasteiger charge is 2.27. The van der Waals surface area contributed by atoms with Gasteiger partial charge in [-0.1, -0.05) is 54.2 Å². The molecule has 0 bridgehead atoms. The van der Waals surface area contributed by atoms with Gasteiger partial charge in [-0.15, -0.1) is 10.2 Å². The third-order valence-electron chi connectivity index (χ3n) is 5.11. The molecule has 0 spiro atoms.